The molecule has 7 heteroatoms. The molecular weight excluding hydrogens is 395 g/mol. The number of rotatable bonds is 5. The van der Waals surface area contributed by atoms with Crippen LogP contribution in [-0.2, 0) is 4.79 Å². The van der Waals surface area contributed by atoms with Gasteiger partial charge in [0.25, 0.3) is 0 Å². The van der Waals surface area contributed by atoms with E-state index < -0.39 is 0 Å². The number of nitrogens with one attached hydrogen (secondary N) is 1. The van der Waals surface area contributed by atoms with Crippen molar-refractivity contribution < 1.29 is 4.79 Å². The highest BCUT2D eigenvalue weighted by Crippen LogP contribution is 2.37. The Labute approximate surface area is 175 Å². The highest BCUT2D eigenvalue weighted by molar-refractivity contribution is 6.35. The van der Waals surface area contributed by atoms with E-state index in [0.29, 0.717) is 29.0 Å². The van der Waals surface area contributed by atoms with Crippen LogP contribution in [0.3, 0.4) is 0 Å². The summed E-state index contributed by atoms with van der Waals surface area (Å²) in [6.45, 7) is 2.42. The summed E-state index contributed by atoms with van der Waals surface area (Å²) in [4.78, 5) is 18.5. The number of nitrogens with two attached hydrogens (primary N) is 1. The fraction of sp³-hybridized carbons (Fsp3) is 0.333. The maximum Gasteiger partial charge on any atom is 0.223 e. The zero-order valence-electron chi connectivity index (χ0n) is 15.9. The van der Waals surface area contributed by atoms with Crippen LogP contribution >= 0.6 is 23.2 Å². The molecule has 0 spiro atoms. The summed E-state index contributed by atoms with van der Waals surface area (Å²) in [6.07, 6.45) is 0.464. The Kier molecular flexibility index (Phi) is 6.47. The van der Waals surface area contributed by atoms with Crippen molar-refractivity contribution in [3.05, 3.63) is 69.7 Å². The zero-order valence-corrected chi connectivity index (χ0v) is 17.4. The molecule has 2 aromatic rings. The second kappa shape index (κ2) is 8.84. The SMILES string of the molecule is CC(NC(N)=NCC1CC(=O)N(C)C1c1ccccc1)c1ccc(Cl)cc1Cl. The van der Waals surface area contributed by atoms with Gasteiger partial charge in [-0.3, -0.25) is 9.79 Å². The number of hydrogen-bond donors (Lipinski definition) is 2. The van der Waals surface area contributed by atoms with Crippen LogP contribution in [0.15, 0.2) is 53.5 Å². The van der Waals surface area contributed by atoms with E-state index >= 15 is 0 Å². The lowest BCUT2D eigenvalue weighted by molar-refractivity contribution is -0.127. The maximum atomic E-state index is 12.2. The summed E-state index contributed by atoms with van der Waals surface area (Å²) in [5, 5.41) is 4.32. The zero-order chi connectivity index (χ0) is 20.3. The number of hydrogen-bond acceptors (Lipinski definition) is 2. The number of carbonyl (C=O) groups is 1. The number of amides is 1. The summed E-state index contributed by atoms with van der Waals surface area (Å²) >= 11 is 12.2. The van der Waals surface area contributed by atoms with E-state index in [-0.39, 0.29) is 23.9 Å². The first kappa shape index (κ1) is 20.5. The molecule has 3 unspecified atom stereocenters. The van der Waals surface area contributed by atoms with Gasteiger partial charge in [-0.15, -0.1) is 0 Å². The molecule has 1 saturated heterocycles. The second-order valence-corrected chi connectivity index (χ2v) is 7.93. The lowest BCUT2D eigenvalue weighted by atomic mass is 9.94. The first-order valence-corrected chi connectivity index (χ1v) is 9.94. The standard InChI is InChI=1S/C21H24Cl2N4O/c1-13(17-9-8-16(22)11-18(17)23)26-21(24)25-12-15-10-19(28)27(2)20(15)14-6-4-3-5-7-14/h3-9,11,13,15,20H,10,12H2,1-2H3,(H3,24,25,26). The maximum absolute atomic E-state index is 12.2. The van der Waals surface area contributed by atoms with E-state index in [9.17, 15) is 4.79 Å². The largest absolute Gasteiger partial charge is 0.370 e. The quantitative estimate of drug-likeness (QED) is 0.564. The Morgan fingerprint density at radius 3 is 2.68 bits per heavy atom. The Bertz CT molecular complexity index is 872. The molecule has 28 heavy (non-hydrogen) atoms. The second-order valence-electron chi connectivity index (χ2n) is 7.08. The summed E-state index contributed by atoms with van der Waals surface area (Å²) in [5.41, 5.74) is 8.10. The van der Waals surface area contributed by atoms with Gasteiger partial charge in [-0.25, -0.2) is 0 Å². The van der Waals surface area contributed by atoms with E-state index in [1.54, 1.807) is 17.0 Å². The van der Waals surface area contributed by atoms with Gasteiger partial charge in [0, 0.05) is 36.0 Å². The van der Waals surface area contributed by atoms with Crippen molar-refractivity contribution in [1.29, 1.82) is 0 Å². The van der Waals surface area contributed by atoms with Gasteiger partial charge in [-0.1, -0.05) is 59.6 Å². The lowest BCUT2D eigenvalue weighted by Crippen LogP contribution is -2.34. The molecule has 148 valence electrons. The molecule has 5 nitrogen and oxygen atoms in total. The van der Waals surface area contributed by atoms with Crippen molar-refractivity contribution in [3.8, 4) is 0 Å². The highest BCUT2D eigenvalue weighted by atomic mass is 35.5. The van der Waals surface area contributed by atoms with Gasteiger partial charge in [-0.2, -0.15) is 0 Å². The molecule has 1 aliphatic rings. The Morgan fingerprint density at radius 2 is 2.00 bits per heavy atom. The van der Waals surface area contributed by atoms with E-state index in [1.807, 2.05) is 50.4 Å². The van der Waals surface area contributed by atoms with E-state index in [0.717, 1.165) is 11.1 Å². The molecule has 0 aliphatic carbocycles. The topological polar surface area (TPSA) is 70.7 Å². The van der Waals surface area contributed by atoms with E-state index in [1.165, 1.54) is 0 Å². The number of guanidine groups is 1. The highest BCUT2D eigenvalue weighted by Gasteiger charge is 2.38. The van der Waals surface area contributed by atoms with Crippen molar-refractivity contribution >= 4 is 35.1 Å². The Balaban J connectivity index is 1.68. The van der Waals surface area contributed by atoms with Crippen LogP contribution in [-0.4, -0.2) is 30.4 Å². The normalized spacial score (nSPS) is 21.1. The van der Waals surface area contributed by atoms with Gasteiger partial charge in [0.1, 0.15) is 0 Å². The molecule has 0 saturated carbocycles. The molecule has 3 atom stereocenters. The van der Waals surface area contributed by atoms with Crippen LogP contribution in [0.4, 0.5) is 0 Å². The van der Waals surface area contributed by atoms with Crippen LogP contribution in [0.1, 0.15) is 36.6 Å². The van der Waals surface area contributed by atoms with Crippen molar-refractivity contribution in [2.24, 2.45) is 16.6 Å². The van der Waals surface area contributed by atoms with Crippen molar-refractivity contribution in [2.45, 2.75) is 25.4 Å². The van der Waals surface area contributed by atoms with E-state index in [2.05, 4.69) is 10.3 Å². The minimum absolute atomic E-state index is 0.00776. The molecule has 1 amide bonds. The number of aliphatic imine (C=N–C) groups is 1. The average Bonchev–Trinajstić information content (AvgIpc) is 2.94. The predicted molar refractivity (Wildman–Crippen MR) is 115 cm³/mol. The molecule has 3 rings (SSSR count). The molecule has 2 aromatic carbocycles. The summed E-state index contributed by atoms with van der Waals surface area (Å²) < 4.78 is 0. The Morgan fingerprint density at radius 1 is 1.29 bits per heavy atom. The third-order valence-electron chi connectivity index (χ3n) is 5.12. The lowest BCUT2D eigenvalue weighted by Gasteiger charge is -2.25. The third-order valence-corrected chi connectivity index (χ3v) is 5.69. The van der Waals surface area contributed by atoms with Gasteiger partial charge in [0.05, 0.1) is 12.1 Å². The summed E-state index contributed by atoms with van der Waals surface area (Å²) in [6, 6.07) is 15.3. The van der Waals surface area contributed by atoms with Crippen molar-refractivity contribution in [3.63, 3.8) is 0 Å². The molecule has 0 radical (unpaired) electrons. The fourth-order valence-electron chi connectivity index (χ4n) is 3.68. The first-order valence-electron chi connectivity index (χ1n) is 9.19. The van der Waals surface area contributed by atoms with Crippen LogP contribution in [0.2, 0.25) is 10.0 Å². The average molecular weight is 419 g/mol. The van der Waals surface area contributed by atoms with Crippen LogP contribution in [0.5, 0.6) is 0 Å². The van der Waals surface area contributed by atoms with Crippen LogP contribution in [0, 0.1) is 5.92 Å². The first-order chi connectivity index (χ1) is 13.4. The minimum Gasteiger partial charge on any atom is -0.370 e. The summed E-state index contributed by atoms with van der Waals surface area (Å²) in [5.74, 6) is 0.531. The molecule has 1 heterocycles. The number of carbonyl (C=O) groups excluding carboxylic acids is 1. The fourth-order valence-corrected chi connectivity index (χ4v) is 4.25. The van der Waals surface area contributed by atoms with Gasteiger partial charge < -0.3 is 16.0 Å². The number of benzene rings is 2. The number of likely N-dealkylation sites (tertiary alicyclic amines) is 1. The molecular formula is C21H24Cl2N4O. The van der Waals surface area contributed by atoms with Gasteiger partial charge in [0.2, 0.25) is 5.91 Å². The monoisotopic (exact) mass is 418 g/mol. The molecule has 3 N–H and O–H groups in total. The van der Waals surface area contributed by atoms with Gasteiger partial charge >= 0.3 is 0 Å². The predicted octanol–water partition coefficient (Wildman–Crippen LogP) is 4.18. The minimum atomic E-state index is -0.119. The molecule has 0 bridgehead atoms. The van der Waals surface area contributed by atoms with Crippen LogP contribution in [0.25, 0.3) is 0 Å². The van der Waals surface area contributed by atoms with E-state index in [4.69, 9.17) is 28.9 Å². The molecule has 0 aromatic heterocycles. The molecule has 1 fully saturated rings. The van der Waals surface area contributed by atoms with Gasteiger partial charge in [-0.05, 0) is 30.2 Å². The Hall–Kier alpha value is -2.24. The van der Waals surface area contributed by atoms with Crippen molar-refractivity contribution in [1.82, 2.24) is 10.2 Å². The smallest absolute Gasteiger partial charge is 0.223 e. The summed E-state index contributed by atoms with van der Waals surface area (Å²) in [7, 11) is 1.84. The van der Waals surface area contributed by atoms with Crippen molar-refractivity contribution in [2.75, 3.05) is 13.6 Å². The molecule has 1 aliphatic heterocycles. The van der Waals surface area contributed by atoms with Crippen LogP contribution < -0.4 is 11.1 Å². The third kappa shape index (κ3) is 4.59. The number of halogens is 2. The number of nitrogens with zero attached hydrogens (tertiary/aromatic N) is 2. The van der Waals surface area contributed by atoms with Gasteiger partial charge in [0.15, 0.2) is 5.96 Å².